The smallest absolute Gasteiger partial charge is 0.0472 e. The summed E-state index contributed by atoms with van der Waals surface area (Å²) in [6.45, 7) is 3.85. The van der Waals surface area contributed by atoms with Crippen LogP contribution in [0.15, 0.2) is 18.2 Å². The number of benzene rings is 1. The van der Waals surface area contributed by atoms with Gasteiger partial charge in [-0.05, 0) is 37.5 Å². The molecular formula is C13H17ClN2. The van der Waals surface area contributed by atoms with Gasteiger partial charge in [-0.1, -0.05) is 23.7 Å². The van der Waals surface area contributed by atoms with Gasteiger partial charge in [0, 0.05) is 17.5 Å². The molecule has 0 bridgehead atoms. The molecule has 0 aliphatic carbocycles. The van der Waals surface area contributed by atoms with Crippen LogP contribution in [-0.2, 0) is 0 Å². The topological polar surface area (TPSA) is 38.0 Å². The molecule has 3 heteroatoms. The standard InChI is InChI=1S/C13H17ClN2/c1-3-4-5-9-13(16-15)11-7-6-8-12(14)10(11)2/h6-8,13,16H,5,9,15H2,1-2H3. The van der Waals surface area contributed by atoms with Gasteiger partial charge in [0.15, 0.2) is 0 Å². The second-order valence-corrected chi connectivity index (χ2v) is 4.05. The minimum absolute atomic E-state index is 0.111. The van der Waals surface area contributed by atoms with Crippen molar-refractivity contribution in [2.24, 2.45) is 5.84 Å². The molecule has 1 rings (SSSR count). The van der Waals surface area contributed by atoms with E-state index < -0.39 is 0 Å². The van der Waals surface area contributed by atoms with Crippen molar-refractivity contribution in [3.8, 4) is 11.8 Å². The van der Waals surface area contributed by atoms with Gasteiger partial charge >= 0.3 is 0 Å². The maximum Gasteiger partial charge on any atom is 0.0472 e. The molecule has 0 aromatic heterocycles. The molecule has 0 saturated heterocycles. The Morgan fingerprint density at radius 1 is 1.50 bits per heavy atom. The predicted octanol–water partition coefficient (Wildman–Crippen LogP) is 2.96. The van der Waals surface area contributed by atoms with Crippen molar-refractivity contribution in [1.82, 2.24) is 5.43 Å². The van der Waals surface area contributed by atoms with Crippen molar-refractivity contribution >= 4 is 11.6 Å². The first-order valence-corrected chi connectivity index (χ1v) is 5.69. The van der Waals surface area contributed by atoms with Crippen molar-refractivity contribution in [2.75, 3.05) is 0 Å². The second kappa shape index (κ2) is 6.55. The molecule has 1 aromatic rings. The lowest BCUT2D eigenvalue weighted by Crippen LogP contribution is -2.28. The minimum Gasteiger partial charge on any atom is -0.271 e. The van der Waals surface area contributed by atoms with Crippen molar-refractivity contribution < 1.29 is 0 Å². The Hall–Kier alpha value is -1.01. The van der Waals surface area contributed by atoms with Crippen molar-refractivity contribution in [1.29, 1.82) is 0 Å². The summed E-state index contributed by atoms with van der Waals surface area (Å²) in [6, 6.07) is 5.99. The highest BCUT2D eigenvalue weighted by molar-refractivity contribution is 6.31. The maximum atomic E-state index is 6.08. The van der Waals surface area contributed by atoms with Gasteiger partial charge in [-0.15, -0.1) is 11.8 Å². The fraction of sp³-hybridized carbons (Fsp3) is 0.385. The first kappa shape index (κ1) is 13.1. The molecule has 1 unspecified atom stereocenters. The number of nitrogens with two attached hydrogens (primary N) is 1. The van der Waals surface area contributed by atoms with Gasteiger partial charge in [-0.3, -0.25) is 11.3 Å². The van der Waals surface area contributed by atoms with Gasteiger partial charge in [-0.2, -0.15) is 0 Å². The summed E-state index contributed by atoms with van der Waals surface area (Å²) in [5.41, 5.74) is 5.05. The average Bonchev–Trinajstić information content (AvgIpc) is 2.29. The molecule has 0 aliphatic rings. The van der Waals surface area contributed by atoms with Gasteiger partial charge in [0.2, 0.25) is 0 Å². The zero-order chi connectivity index (χ0) is 12.0. The third kappa shape index (κ3) is 3.24. The molecule has 0 fully saturated rings. The Kier molecular flexibility index (Phi) is 5.34. The first-order chi connectivity index (χ1) is 7.70. The molecule has 1 atom stereocenters. The van der Waals surface area contributed by atoms with E-state index in [4.69, 9.17) is 17.4 Å². The highest BCUT2D eigenvalue weighted by Crippen LogP contribution is 2.26. The van der Waals surface area contributed by atoms with Crippen LogP contribution in [0.2, 0.25) is 5.02 Å². The number of hydrazine groups is 1. The lowest BCUT2D eigenvalue weighted by molar-refractivity contribution is 0.521. The SMILES string of the molecule is CC#CCCC(NN)c1cccc(Cl)c1C. The van der Waals surface area contributed by atoms with Gasteiger partial charge in [0.1, 0.15) is 0 Å². The monoisotopic (exact) mass is 236 g/mol. The Labute approximate surface area is 102 Å². The zero-order valence-electron chi connectivity index (χ0n) is 9.68. The molecule has 0 heterocycles. The molecule has 2 nitrogen and oxygen atoms in total. The molecule has 3 N–H and O–H groups in total. The van der Waals surface area contributed by atoms with E-state index >= 15 is 0 Å². The van der Waals surface area contributed by atoms with E-state index in [2.05, 4.69) is 17.3 Å². The first-order valence-electron chi connectivity index (χ1n) is 5.31. The van der Waals surface area contributed by atoms with Crippen LogP contribution in [0.3, 0.4) is 0 Å². The third-order valence-corrected chi connectivity index (χ3v) is 3.03. The Bertz CT molecular complexity index is 404. The molecule has 86 valence electrons. The Balaban J connectivity index is 2.85. The van der Waals surface area contributed by atoms with Gasteiger partial charge in [-0.25, -0.2) is 0 Å². The van der Waals surface area contributed by atoms with Crippen LogP contribution in [0, 0.1) is 18.8 Å². The molecule has 0 radical (unpaired) electrons. The van der Waals surface area contributed by atoms with Crippen LogP contribution in [-0.4, -0.2) is 0 Å². The fourth-order valence-corrected chi connectivity index (χ4v) is 1.85. The van der Waals surface area contributed by atoms with Crippen molar-refractivity contribution in [3.05, 3.63) is 34.3 Å². The van der Waals surface area contributed by atoms with Crippen LogP contribution in [0.4, 0.5) is 0 Å². The highest BCUT2D eigenvalue weighted by Gasteiger charge is 2.12. The highest BCUT2D eigenvalue weighted by atomic mass is 35.5. The molecule has 0 aliphatic heterocycles. The maximum absolute atomic E-state index is 6.08. The van der Waals surface area contributed by atoms with Crippen molar-refractivity contribution in [2.45, 2.75) is 32.7 Å². The summed E-state index contributed by atoms with van der Waals surface area (Å²) < 4.78 is 0. The quantitative estimate of drug-likeness (QED) is 0.479. The summed E-state index contributed by atoms with van der Waals surface area (Å²) in [5, 5.41) is 0.777. The number of rotatable bonds is 4. The largest absolute Gasteiger partial charge is 0.271 e. The summed E-state index contributed by atoms with van der Waals surface area (Å²) >= 11 is 6.08. The van der Waals surface area contributed by atoms with E-state index in [1.54, 1.807) is 0 Å². The Morgan fingerprint density at radius 3 is 2.88 bits per heavy atom. The molecule has 1 aromatic carbocycles. The average molecular weight is 237 g/mol. The van der Waals surface area contributed by atoms with Crippen LogP contribution in [0.25, 0.3) is 0 Å². The number of hydrogen-bond acceptors (Lipinski definition) is 2. The lowest BCUT2D eigenvalue weighted by atomic mass is 9.98. The van der Waals surface area contributed by atoms with E-state index in [0.717, 1.165) is 29.0 Å². The van der Waals surface area contributed by atoms with Crippen LogP contribution >= 0.6 is 11.6 Å². The molecule has 0 saturated carbocycles. The fourth-order valence-electron chi connectivity index (χ4n) is 1.67. The van der Waals surface area contributed by atoms with Crippen molar-refractivity contribution in [3.63, 3.8) is 0 Å². The summed E-state index contributed by atoms with van der Waals surface area (Å²) in [5.74, 6) is 11.5. The van der Waals surface area contributed by atoms with Crippen LogP contribution in [0.1, 0.15) is 36.9 Å². The second-order valence-electron chi connectivity index (χ2n) is 3.64. The van der Waals surface area contributed by atoms with Gasteiger partial charge in [0.05, 0.1) is 0 Å². The zero-order valence-corrected chi connectivity index (χ0v) is 10.4. The van der Waals surface area contributed by atoms with E-state index in [9.17, 15) is 0 Å². The molecular weight excluding hydrogens is 220 g/mol. The molecule has 0 amide bonds. The molecule has 0 spiro atoms. The van der Waals surface area contributed by atoms with Crippen LogP contribution in [0.5, 0.6) is 0 Å². The number of hydrogen-bond donors (Lipinski definition) is 2. The summed E-state index contributed by atoms with van der Waals surface area (Å²) in [7, 11) is 0. The summed E-state index contributed by atoms with van der Waals surface area (Å²) in [6.07, 6.45) is 1.72. The molecule has 16 heavy (non-hydrogen) atoms. The lowest BCUT2D eigenvalue weighted by Gasteiger charge is -2.18. The third-order valence-electron chi connectivity index (χ3n) is 2.62. The van der Waals surface area contributed by atoms with E-state index in [1.165, 1.54) is 0 Å². The van der Waals surface area contributed by atoms with Gasteiger partial charge in [0.25, 0.3) is 0 Å². The summed E-state index contributed by atoms with van der Waals surface area (Å²) in [4.78, 5) is 0. The van der Waals surface area contributed by atoms with E-state index in [-0.39, 0.29) is 6.04 Å². The van der Waals surface area contributed by atoms with E-state index in [1.807, 2.05) is 32.0 Å². The van der Waals surface area contributed by atoms with Gasteiger partial charge < -0.3 is 0 Å². The predicted molar refractivity (Wildman–Crippen MR) is 68.9 cm³/mol. The minimum atomic E-state index is 0.111. The Morgan fingerprint density at radius 2 is 2.25 bits per heavy atom. The normalized spacial score (nSPS) is 11.8. The number of halogens is 1. The van der Waals surface area contributed by atoms with Crippen LogP contribution < -0.4 is 11.3 Å². The van der Waals surface area contributed by atoms with E-state index in [0.29, 0.717) is 0 Å². The number of nitrogens with one attached hydrogen (secondary N) is 1.